The fourth-order valence-corrected chi connectivity index (χ4v) is 4.69. The Kier molecular flexibility index (Phi) is 6.97. The molecule has 1 fully saturated rings. The molecule has 3 rings (SSSR count). The van der Waals surface area contributed by atoms with E-state index in [0.29, 0.717) is 0 Å². The second-order valence-electron chi connectivity index (χ2n) is 7.63. The Morgan fingerprint density at radius 1 is 1.07 bits per heavy atom. The van der Waals surface area contributed by atoms with Crippen LogP contribution in [0.15, 0.2) is 41.8 Å². The van der Waals surface area contributed by atoms with Crippen LogP contribution in [-0.4, -0.2) is 50.1 Å². The molecule has 1 aliphatic heterocycles. The van der Waals surface area contributed by atoms with Crippen LogP contribution >= 0.6 is 11.3 Å². The van der Waals surface area contributed by atoms with Crippen molar-refractivity contribution in [3.05, 3.63) is 46.7 Å². The molecule has 1 aromatic carbocycles. The van der Waals surface area contributed by atoms with Gasteiger partial charge >= 0.3 is 0 Å². The molecule has 28 heavy (non-hydrogen) atoms. The van der Waals surface area contributed by atoms with E-state index in [9.17, 15) is 4.79 Å². The van der Waals surface area contributed by atoms with Crippen LogP contribution in [0.2, 0.25) is 0 Å². The number of piperazine rings is 1. The highest BCUT2D eigenvalue weighted by molar-refractivity contribution is 7.10. The standard InChI is InChI=1S/C22H31N3O2S/c1-16(2)22(26)23-17(3)21(20-6-5-15-28-20)25-13-11-24(12-14-25)18-7-9-19(27-4)10-8-18/h5-10,15-17,21H,11-14H2,1-4H3,(H,23,26)/t17-,21+/m1/s1. The van der Waals surface area contributed by atoms with E-state index >= 15 is 0 Å². The number of carbonyl (C=O) groups is 1. The number of thiophene rings is 1. The molecule has 0 aliphatic carbocycles. The maximum Gasteiger partial charge on any atom is 0.222 e. The Morgan fingerprint density at radius 2 is 1.75 bits per heavy atom. The average molecular weight is 402 g/mol. The molecule has 5 nitrogen and oxygen atoms in total. The topological polar surface area (TPSA) is 44.8 Å². The molecule has 2 atom stereocenters. The third kappa shape index (κ3) is 4.86. The van der Waals surface area contributed by atoms with Crippen molar-refractivity contribution in [2.45, 2.75) is 32.9 Å². The lowest BCUT2D eigenvalue weighted by atomic mass is 10.0. The molecule has 1 saturated heterocycles. The molecule has 2 heterocycles. The first-order valence-corrected chi connectivity index (χ1v) is 10.8. The second kappa shape index (κ2) is 9.43. The number of nitrogens with one attached hydrogen (secondary N) is 1. The van der Waals surface area contributed by atoms with Gasteiger partial charge in [-0.15, -0.1) is 11.3 Å². The molecule has 0 bridgehead atoms. The van der Waals surface area contributed by atoms with E-state index in [0.717, 1.165) is 31.9 Å². The van der Waals surface area contributed by atoms with Crippen molar-refractivity contribution < 1.29 is 9.53 Å². The lowest BCUT2D eigenvalue weighted by Gasteiger charge is -2.42. The lowest BCUT2D eigenvalue weighted by Crippen LogP contribution is -2.52. The second-order valence-corrected chi connectivity index (χ2v) is 8.61. The van der Waals surface area contributed by atoms with Gasteiger partial charge in [0, 0.05) is 48.7 Å². The third-order valence-corrected chi connectivity index (χ3v) is 6.29. The van der Waals surface area contributed by atoms with Crippen molar-refractivity contribution in [2.75, 3.05) is 38.2 Å². The summed E-state index contributed by atoms with van der Waals surface area (Å²) in [4.78, 5) is 18.5. The molecule has 152 valence electrons. The van der Waals surface area contributed by atoms with Crippen molar-refractivity contribution in [3.8, 4) is 5.75 Å². The number of nitrogens with zero attached hydrogens (tertiary/aromatic N) is 2. The van der Waals surface area contributed by atoms with Gasteiger partial charge in [-0.1, -0.05) is 19.9 Å². The summed E-state index contributed by atoms with van der Waals surface area (Å²) in [5.74, 6) is 0.999. The van der Waals surface area contributed by atoms with Crippen LogP contribution in [0.3, 0.4) is 0 Å². The van der Waals surface area contributed by atoms with E-state index in [1.165, 1.54) is 10.6 Å². The van der Waals surface area contributed by atoms with Crippen LogP contribution in [-0.2, 0) is 4.79 Å². The lowest BCUT2D eigenvalue weighted by molar-refractivity contribution is -0.125. The van der Waals surface area contributed by atoms with Gasteiger partial charge in [-0.25, -0.2) is 0 Å². The van der Waals surface area contributed by atoms with E-state index in [-0.39, 0.29) is 23.9 Å². The zero-order valence-electron chi connectivity index (χ0n) is 17.2. The predicted molar refractivity (Wildman–Crippen MR) is 116 cm³/mol. The van der Waals surface area contributed by atoms with Crippen molar-refractivity contribution in [1.29, 1.82) is 0 Å². The number of carbonyl (C=O) groups excluding carboxylic acids is 1. The molecule has 1 amide bonds. The van der Waals surface area contributed by atoms with Gasteiger partial charge in [0.25, 0.3) is 0 Å². The maximum atomic E-state index is 12.3. The van der Waals surface area contributed by atoms with Crippen LogP contribution in [0.1, 0.15) is 31.7 Å². The summed E-state index contributed by atoms with van der Waals surface area (Å²) in [7, 11) is 1.69. The highest BCUT2D eigenvalue weighted by Gasteiger charge is 2.31. The van der Waals surface area contributed by atoms with E-state index in [1.54, 1.807) is 18.4 Å². The van der Waals surface area contributed by atoms with Gasteiger partial charge in [-0.2, -0.15) is 0 Å². The van der Waals surface area contributed by atoms with Gasteiger partial charge in [0.15, 0.2) is 0 Å². The Morgan fingerprint density at radius 3 is 2.29 bits per heavy atom. The van der Waals surface area contributed by atoms with E-state index < -0.39 is 0 Å². The Labute approximate surface area is 172 Å². The van der Waals surface area contributed by atoms with E-state index in [1.807, 2.05) is 26.0 Å². The van der Waals surface area contributed by atoms with Crippen molar-refractivity contribution in [2.24, 2.45) is 5.92 Å². The minimum absolute atomic E-state index is 0.00152. The first kappa shape index (κ1) is 20.7. The van der Waals surface area contributed by atoms with Gasteiger partial charge < -0.3 is 15.0 Å². The van der Waals surface area contributed by atoms with Crippen LogP contribution in [0.5, 0.6) is 5.75 Å². The summed E-state index contributed by atoms with van der Waals surface area (Å²) < 4.78 is 5.26. The summed E-state index contributed by atoms with van der Waals surface area (Å²) in [6, 6.07) is 12.8. The Balaban J connectivity index is 1.68. The highest BCUT2D eigenvalue weighted by atomic mass is 32.1. The average Bonchev–Trinajstić information content (AvgIpc) is 3.23. The normalized spacial score (nSPS) is 17.4. The Hall–Kier alpha value is -2.05. The van der Waals surface area contributed by atoms with Gasteiger partial charge in [-0.05, 0) is 42.6 Å². The monoisotopic (exact) mass is 401 g/mol. The molecular formula is C22H31N3O2S. The number of methoxy groups -OCH3 is 1. The Bertz CT molecular complexity index is 738. The highest BCUT2D eigenvalue weighted by Crippen LogP contribution is 2.30. The van der Waals surface area contributed by atoms with Crippen LogP contribution in [0.25, 0.3) is 0 Å². The summed E-state index contributed by atoms with van der Waals surface area (Å²) in [6.45, 7) is 9.89. The first-order chi connectivity index (χ1) is 13.5. The molecule has 1 aliphatic rings. The quantitative estimate of drug-likeness (QED) is 0.767. The minimum Gasteiger partial charge on any atom is -0.497 e. The number of amides is 1. The summed E-state index contributed by atoms with van der Waals surface area (Å²) >= 11 is 1.77. The number of ether oxygens (including phenoxy) is 1. The van der Waals surface area contributed by atoms with E-state index in [4.69, 9.17) is 4.74 Å². The fraction of sp³-hybridized carbons (Fsp3) is 0.500. The predicted octanol–water partition coefficient (Wildman–Crippen LogP) is 3.78. The molecular weight excluding hydrogens is 370 g/mol. The summed E-state index contributed by atoms with van der Waals surface area (Å²) in [5.41, 5.74) is 1.23. The number of rotatable bonds is 7. The third-order valence-electron chi connectivity index (χ3n) is 5.35. The fourth-order valence-electron chi connectivity index (χ4n) is 3.72. The summed E-state index contributed by atoms with van der Waals surface area (Å²) in [6.07, 6.45) is 0. The molecule has 0 spiro atoms. The summed E-state index contributed by atoms with van der Waals surface area (Å²) in [5, 5.41) is 5.34. The SMILES string of the molecule is COc1ccc(N2CCN([C@H](c3cccs3)[C@@H](C)NC(=O)C(C)C)CC2)cc1. The number of anilines is 1. The van der Waals surface area contributed by atoms with Crippen LogP contribution < -0.4 is 15.0 Å². The smallest absolute Gasteiger partial charge is 0.222 e. The molecule has 6 heteroatoms. The zero-order valence-corrected chi connectivity index (χ0v) is 18.0. The van der Waals surface area contributed by atoms with Gasteiger partial charge in [0.2, 0.25) is 5.91 Å². The minimum atomic E-state index is -0.00152. The molecule has 2 aromatic rings. The van der Waals surface area contributed by atoms with Crippen LogP contribution in [0, 0.1) is 5.92 Å². The molecule has 0 saturated carbocycles. The number of benzene rings is 1. The van der Waals surface area contributed by atoms with Gasteiger partial charge in [0.05, 0.1) is 13.2 Å². The van der Waals surface area contributed by atoms with Crippen LogP contribution in [0.4, 0.5) is 5.69 Å². The number of hydrogen-bond acceptors (Lipinski definition) is 5. The van der Waals surface area contributed by atoms with E-state index in [2.05, 4.69) is 51.7 Å². The van der Waals surface area contributed by atoms with Crippen molar-refractivity contribution in [3.63, 3.8) is 0 Å². The van der Waals surface area contributed by atoms with Crippen molar-refractivity contribution in [1.82, 2.24) is 10.2 Å². The number of hydrogen-bond donors (Lipinski definition) is 1. The van der Waals surface area contributed by atoms with Crippen molar-refractivity contribution >= 4 is 22.9 Å². The molecule has 1 aromatic heterocycles. The molecule has 0 radical (unpaired) electrons. The molecule has 1 N–H and O–H groups in total. The largest absolute Gasteiger partial charge is 0.497 e. The molecule has 0 unspecified atom stereocenters. The van der Waals surface area contributed by atoms with Gasteiger partial charge in [-0.3, -0.25) is 9.69 Å². The maximum absolute atomic E-state index is 12.3. The first-order valence-electron chi connectivity index (χ1n) is 9.96. The van der Waals surface area contributed by atoms with Gasteiger partial charge in [0.1, 0.15) is 5.75 Å². The zero-order chi connectivity index (χ0) is 20.1.